The van der Waals surface area contributed by atoms with E-state index in [0.29, 0.717) is 22.4 Å². The lowest BCUT2D eigenvalue weighted by molar-refractivity contribution is 0.246. The zero-order valence-electron chi connectivity index (χ0n) is 20.0. The Balaban J connectivity index is 1.91. The maximum absolute atomic E-state index is 13.9. The second-order valence-corrected chi connectivity index (χ2v) is 8.37. The van der Waals surface area contributed by atoms with Gasteiger partial charge >= 0.3 is 6.03 Å². The van der Waals surface area contributed by atoms with E-state index in [1.165, 1.54) is 10.9 Å². The van der Waals surface area contributed by atoms with Gasteiger partial charge in [0.15, 0.2) is 0 Å². The van der Waals surface area contributed by atoms with Crippen molar-refractivity contribution in [1.29, 1.82) is 5.26 Å². The van der Waals surface area contributed by atoms with Crippen LogP contribution in [0.15, 0.2) is 53.6 Å². The van der Waals surface area contributed by atoms with Crippen molar-refractivity contribution in [3.8, 4) is 11.8 Å². The number of aryl methyl sites for hydroxylation is 1. The normalized spacial score (nSPS) is 12.5. The molecule has 2 atom stereocenters. The molecule has 11 heteroatoms. The van der Waals surface area contributed by atoms with E-state index < -0.39 is 12.1 Å². The Bertz CT molecular complexity index is 1570. The van der Waals surface area contributed by atoms with Gasteiger partial charge in [0.2, 0.25) is 0 Å². The Hall–Kier alpha value is -4.98. The van der Waals surface area contributed by atoms with Crippen molar-refractivity contribution in [2.45, 2.75) is 32.9 Å². The molecule has 0 aliphatic heterocycles. The second-order valence-electron chi connectivity index (χ2n) is 8.37. The maximum atomic E-state index is 13.9. The van der Waals surface area contributed by atoms with Crippen molar-refractivity contribution in [2.75, 3.05) is 11.1 Å². The van der Waals surface area contributed by atoms with Gasteiger partial charge in [0.1, 0.15) is 35.4 Å². The first-order valence-corrected chi connectivity index (χ1v) is 11.2. The molecule has 36 heavy (non-hydrogen) atoms. The number of primary amides is 1. The highest BCUT2D eigenvalue weighted by Crippen LogP contribution is 2.25. The summed E-state index contributed by atoms with van der Waals surface area (Å²) in [7, 11) is 0. The minimum Gasteiger partial charge on any atom is -0.382 e. The number of fused-ring (bicyclic) bond motifs is 1. The van der Waals surface area contributed by atoms with Crippen molar-refractivity contribution in [3.63, 3.8) is 0 Å². The summed E-state index contributed by atoms with van der Waals surface area (Å²) in [5, 5.41) is 15.8. The van der Waals surface area contributed by atoms with Gasteiger partial charge in [-0.15, -0.1) is 0 Å². The number of carbonyl (C=O) groups excluding carboxylic acids is 1. The van der Waals surface area contributed by atoms with Gasteiger partial charge in [-0.2, -0.15) is 5.26 Å². The Labute approximate surface area is 206 Å². The van der Waals surface area contributed by atoms with Crippen LogP contribution in [0.25, 0.3) is 16.6 Å². The van der Waals surface area contributed by atoms with Crippen molar-refractivity contribution in [2.24, 2.45) is 5.73 Å². The molecule has 0 saturated heterocycles. The summed E-state index contributed by atoms with van der Waals surface area (Å²) < 4.78 is 1.52. The van der Waals surface area contributed by atoms with E-state index >= 15 is 0 Å². The molecule has 0 spiro atoms. The molecule has 2 heterocycles. The van der Waals surface area contributed by atoms with Crippen LogP contribution in [-0.4, -0.2) is 25.6 Å². The van der Waals surface area contributed by atoms with Crippen LogP contribution in [0.4, 0.5) is 16.4 Å². The molecule has 0 saturated carbocycles. The summed E-state index contributed by atoms with van der Waals surface area (Å²) in [6.07, 6.45) is 1.26. The number of nitrogens with two attached hydrogens (primary N) is 2. The Morgan fingerprint density at radius 2 is 1.89 bits per heavy atom. The number of nitriles is 1. The SMILES string of the molecule is Cc1cccc2nc(C(C)Nc3ncnc(N)c3C#N)n(-c3cccc(C(C)NC(N)=O)c3)c(=O)c12. The van der Waals surface area contributed by atoms with Crippen LogP contribution in [0.1, 0.15) is 48.4 Å². The number of nitrogens with zero attached hydrogens (tertiary/aromatic N) is 5. The summed E-state index contributed by atoms with van der Waals surface area (Å²) in [4.78, 5) is 38.1. The van der Waals surface area contributed by atoms with E-state index in [2.05, 4.69) is 20.6 Å². The maximum Gasteiger partial charge on any atom is 0.312 e. The molecule has 2 aromatic heterocycles. The Morgan fingerprint density at radius 1 is 1.14 bits per heavy atom. The molecule has 0 aliphatic rings. The van der Waals surface area contributed by atoms with Crippen LogP contribution in [0.2, 0.25) is 0 Å². The molecule has 182 valence electrons. The van der Waals surface area contributed by atoms with E-state index in [4.69, 9.17) is 16.5 Å². The van der Waals surface area contributed by atoms with Gasteiger partial charge in [0.25, 0.3) is 5.56 Å². The minimum atomic E-state index is -0.649. The molecular weight excluding hydrogens is 458 g/mol. The van der Waals surface area contributed by atoms with Gasteiger partial charge < -0.3 is 22.1 Å². The fraction of sp³-hybridized carbons (Fsp3) is 0.200. The Morgan fingerprint density at radius 3 is 2.61 bits per heavy atom. The highest BCUT2D eigenvalue weighted by atomic mass is 16.2. The quantitative estimate of drug-likeness (QED) is 0.323. The first-order valence-electron chi connectivity index (χ1n) is 11.2. The molecule has 2 amide bonds. The Kier molecular flexibility index (Phi) is 6.52. The number of hydrogen-bond donors (Lipinski definition) is 4. The predicted octanol–water partition coefficient (Wildman–Crippen LogP) is 2.84. The molecule has 2 aromatic carbocycles. The molecule has 2 unspecified atom stereocenters. The average Bonchev–Trinajstić information content (AvgIpc) is 2.83. The van der Waals surface area contributed by atoms with Crippen LogP contribution < -0.4 is 27.7 Å². The standard InChI is InChI=1S/C25H25N9O2/c1-13-6-4-9-19-20(13)24(35)34(17-8-5-7-16(10-17)14(2)32-25(28)36)23(33-19)15(3)31-22-18(11-26)21(27)29-12-30-22/h4-10,12,14-15H,1-3H3,(H3,28,32,36)(H3,27,29,30,31). The lowest BCUT2D eigenvalue weighted by Gasteiger charge is -2.22. The second kappa shape index (κ2) is 9.71. The molecule has 0 bridgehead atoms. The van der Waals surface area contributed by atoms with Gasteiger partial charge in [-0.1, -0.05) is 24.3 Å². The van der Waals surface area contributed by atoms with Crippen molar-refractivity contribution < 1.29 is 4.79 Å². The lowest BCUT2D eigenvalue weighted by Crippen LogP contribution is -2.32. The molecular formula is C25H25N9O2. The van der Waals surface area contributed by atoms with Gasteiger partial charge in [0, 0.05) is 0 Å². The predicted molar refractivity (Wildman–Crippen MR) is 136 cm³/mol. The van der Waals surface area contributed by atoms with Gasteiger partial charge in [-0.25, -0.2) is 19.7 Å². The topological polar surface area (TPSA) is 178 Å². The average molecular weight is 484 g/mol. The van der Waals surface area contributed by atoms with E-state index in [1.807, 2.05) is 31.2 Å². The number of nitrogen functional groups attached to an aromatic ring is 1. The number of hydrogen-bond acceptors (Lipinski definition) is 8. The highest BCUT2D eigenvalue weighted by molar-refractivity contribution is 5.81. The fourth-order valence-electron chi connectivity index (χ4n) is 4.07. The largest absolute Gasteiger partial charge is 0.382 e. The molecule has 4 rings (SSSR count). The van der Waals surface area contributed by atoms with Crippen LogP contribution >= 0.6 is 0 Å². The lowest BCUT2D eigenvalue weighted by atomic mass is 10.1. The number of amides is 2. The number of carbonyl (C=O) groups is 1. The van der Waals surface area contributed by atoms with Crippen molar-refractivity contribution >= 4 is 28.6 Å². The smallest absolute Gasteiger partial charge is 0.312 e. The number of rotatable bonds is 6. The molecule has 4 aromatic rings. The van der Waals surface area contributed by atoms with Crippen molar-refractivity contribution in [1.82, 2.24) is 24.8 Å². The van der Waals surface area contributed by atoms with Crippen LogP contribution in [-0.2, 0) is 0 Å². The monoisotopic (exact) mass is 483 g/mol. The van der Waals surface area contributed by atoms with Crippen molar-refractivity contribution in [3.05, 3.63) is 81.7 Å². The van der Waals surface area contributed by atoms with E-state index in [1.54, 1.807) is 38.1 Å². The zero-order chi connectivity index (χ0) is 26.0. The van der Waals surface area contributed by atoms with Gasteiger partial charge in [0.05, 0.1) is 28.7 Å². The summed E-state index contributed by atoms with van der Waals surface area (Å²) in [5.74, 6) is 0.674. The third-order valence-electron chi connectivity index (χ3n) is 5.85. The summed E-state index contributed by atoms with van der Waals surface area (Å²) >= 11 is 0. The first-order chi connectivity index (χ1) is 17.2. The zero-order valence-corrected chi connectivity index (χ0v) is 20.0. The van der Waals surface area contributed by atoms with Gasteiger partial charge in [-0.05, 0) is 50.1 Å². The number of anilines is 2. The fourth-order valence-corrected chi connectivity index (χ4v) is 4.07. The molecule has 11 nitrogen and oxygen atoms in total. The van der Waals surface area contributed by atoms with Gasteiger partial charge in [-0.3, -0.25) is 9.36 Å². The van der Waals surface area contributed by atoms with Crippen LogP contribution in [0.3, 0.4) is 0 Å². The third-order valence-corrected chi connectivity index (χ3v) is 5.85. The first kappa shape index (κ1) is 24.2. The molecule has 0 fully saturated rings. The van der Waals surface area contributed by atoms with Crippen LogP contribution in [0.5, 0.6) is 0 Å². The number of benzene rings is 2. The number of aromatic nitrogens is 4. The van der Waals surface area contributed by atoms with E-state index in [0.717, 1.165) is 11.1 Å². The summed E-state index contributed by atoms with van der Waals surface area (Å²) in [6, 6.07) is 13.1. The summed E-state index contributed by atoms with van der Waals surface area (Å²) in [5.41, 5.74) is 13.6. The third kappa shape index (κ3) is 4.52. The van der Waals surface area contributed by atoms with Crippen LogP contribution in [0, 0.1) is 18.3 Å². The highest BCUT2D eigenvalue weighted by Gasteiger charge is 2.21. The number of urea groups is 1. The molecule has 0 radical (unpaired) electrons. The van der Waals surface area contributed by atoms with E-state index in [9.17, 15) is 14.9 Å². The molecule has 0 aliphatic carbocycles. The molecule has 6 N–H and O–H groups in total. The minimum absolute atomic E-state index is 0.0466. The van der Waals surface area contributed by atoms with E-state index in [-0.39, 0.29) is 28.8 Å². The summed E-state index contributed by atoms with van der Waals surface area (Å²) in [6.45, 7) is 5.46. The number of nitrogens with one attached hydrogen (secondary N) is 2.